The van der Waals surface area contributed by atoms with Crippen molar-refractivity contribution in [2.24, 2.45) is 0 Å². The summed E-state index contributed by atoms with van der Waals surface area (Å²) in [6, 6.07) is 14.5. The Morgan fingerprint density at radius 2 is 1.89 bits per heavy atom. The Balaban J connectivity index is 1.79. The summed E-state index contributed by atoms with van der Waals surface area (Å²) in [4.78, 5) is 12.3. The van der Waals surface area contributed by atoms with Crippen molar-refractivity contribution in [1.29, 1.82) is 5.26 Å². The van der Waals surface area contributed by atoms with Gasteiger partial charge < -0.3 is 0 Å². The summed E-state index contributed by atoms with van der Waals surface area (Å²) in [6.45, 7) is 2.20. The SMILES string of the molecule is Cc1nn(Cc2ccc(F)cc2)c(Cl)c1/C=C/C(=O)c1ccc(C#N)cc1. The highest BCUT2D eigenvalue weighted by molar-refractivity contribution is 6.31. The maximum atomic E-state index is 13.0. The van der Waals surface area contributed by atoms with Crippen molar-refractivity contribution in [2.45, 2.75) is 13.5 Å². The minimum atomic E-state index is -0.300. The second-order valence-electron chi connectivity index (χ2n) is 5.96. The van der Waals surface area contributed by atoms with Gasteiger partial charge in [0.1, 0.15) is 11.0 Å². The van der Waals surface area contributed by atoms with Crippen LogP contribution in [0, 0.1) is 24.1 Å². The minimum Gasteiger partial charge on any atom is -0.289 e. The maximum absolute atomic E-state index is 13.0. The van der Waals surface area contributed by atoms with Crippen LogP contribution in [0.4, 0.5) is 4.39 Å². The number of hydrogen-bond acceptors (Lipinski definition) is 3. The maximum Gasteiger partial charge on any atom is 0.185 e. The van der Waals surface area contributed by atoms with E-state index in [9.17, 15) is 9.18 Å². The van der Waals surface area contributed by atoms with E-state index < -0.39 is 0 Å². The van der Waals surface area contributed by atoms with E-state index in [1.165, 1.54) is 18.2 Å². The Hall–Kier alpha value is -3.23. The van der Waals surface area contributed by atoms with Gasteiger partial charge in [-0.3, -0.25) is 4.79 Å². The van der Waals surface area contributed by atoms with Crippen LogP contribution in [-0.4, -0.2) is 15.6 Å². The highest BCUT2D eigenvalue weighted by Gasteiger charge is 2.12. The van der Waals surface area contributed by atoms with Gasteiger partial charge in [-0.15, -0.1) is 0 Å². The van der Waals surface area contributed by atoms with Gasteiger partial charge in [-0.25, -0.2) is 9.07 Å². The average Bonchev–Trinajstić information content (AvgIpc) is 2.94. The molecule has 1 aromatic heterocycles. The number of benzene rings is 2. The third-order valence-electron chi connectivity index (χ3n) is 4.05. The molecule has 0 saturated heterocycles. The van der Waals surface area contributed by atoms with Crippen LogP contribution in [0.15, 0.2) is 54.6 Å². The fourth-order valence-corrected chi connectivity index (χ4v) is 2.89. The molecule has 0 fully saturated rings. The zero-order valence-electron chi connectivity index (χ0n) is 14.5. The third kappa shape index (κ3) is 4.30. The molecule has 0 spiro atoms. The number of aromatic nitrogens is 2. The normalized spacial score (nSPS) is 10.9. The van der Waals surface area contributed by atoms with Crippen molar-refractivity contribution in [1.82, 2.24) is 9.78 Å². The summed E-state index contributed by atoms with van der Waals surface area (Å²) < 4.78 is 14.6. The largest absolute Gasteiger partial charge is 0.289 e. The summed E-state index contributed by atoms with van der Waals surface area (Å²) in [5.41, 5.74) is 3.19. The molecular weight excluding hydrogens is 365 g/mol. The lowest BCUT2D eigenvalue weighted by Gasteiger charge is -2.03. The molecule has 0 atom stereocenters. The molecule has 2 aromatic carbocycles. The first-order valence-corrected chi connectivity index (χ1v) is 8.55. The highest BCUT2D eigenvalue weighted by Crippen LogP contribution is 2.23. The molecule has 4 nitrogen and oxygen atoms in total. The van der Waals surface area contributed by atoms with Crippen LogP contribution >= 0.6 is 11.6 Å². The van der Waals surface area contributed by atoms with Gasteiger partial charge in [0.15, 0.2) is 5.78 Å². The fraction of sp³-hybridized carbons (Fsp3) is 0.0952. The van der Waals surface area contributed by atoms with E-state index in [4.69, 9.17) is 16.9 Å². The average molecular weight is 380 g/mol. The number of rotatable bonds is 5. The Kier molecular flexibility index (Phi) is 5.49. The number of nitriles is 1. The molecule has 0 aliphatic rings. The molecule has 134 valence electrons. The van der Waals surface area contributed by atoms with Crippen molar-refractivity contribution in [3.05, 3.63) is 93.5 Å². The van der Waals surface area contributed by atoms with Crippen molar-refractivity contribution in [3.63, 3.8) is 0 Å². The predicted octanol–water partition coefficient (Wildman–Crippen LogP) is 4.80. The summed E-state index contributed by atoms with van der Waals surface area (Å²) in [5.74, 6) is -0.493. The van der Waals surface area contributed by atoms with Crippen LogP contribution < -0.4 is 0 Å². The summed E-state index contributed by atoms with van der Waals surface area (Å²) in [7, 11) is 0. The Morgan fingerprint density at radius 1 is 1.22 bits per heavy atom. The molecule has 0 unspecified atom stereocenters. The van der Waals surface area contributed by atoms with Gasteiger partial charge in [-0.1, -0.05) is 23.7 Å². The molecule has 1 heterocycles. The van der Waals surface area contributed by atoms with Crippen molar-refractivity contribution in [2.75, 3.05) is 0 Å². The smallest absolute Gasteiger partial charge is 0.185 e. The Labute approximate surface area is 161 Å². The molecule has 3 aromatic rings. The van der Waals surface area contributed by atoms with E-state index in [0.29, 0.717) is 34.1 Å². The molecule has 0 N–H and O–H groups in total. The zero-order chi connectivity index (χ0) is 19.4. The van der Waals surface area contributed by atoms with Crippen LogP contribution in [-0.2, 0) is 6.54 Å². The molecule has 0 aliphatic heterocycles. The van der Waals surface area contributed by atoms with Gasteiger partial charge in [0.25, 0.3) is 0 Å². The van der Waals surface area contributed by atoms with Crippen LogP contribution in [0.3, 0.4) is 0 Å². The summed E-state index contributed by atoms with van der Waals surface area (Å²) in [6.07, 6.45) is 3.06. The molecular formula is C21H15ClFN3O. The second-order valence-corrected chi connectivity index (χ2v) is 6.32. The van der Waals surface area contributed by atoms with Crippen LogP contribution in [0.1, 0.15) is 32.7 Å². The van der Waals surface area contributed by atoms with Gasteiger partial charge in [-0.2, -0.15) is 10.4 Å². The number of allylic oxidation sites excluding steroid dienone is 1. The lowest BCUT2D eigenvalue weighted by molar-refractivity contribution is 0.104. The van der Waals surface area contributed by atoms with Crippen LogP contribution in [0.5, 0.6) is 0 Å². The molecule has 0 bridgehead atoms. The Bertz CT molecular complexity index is 1040. The van der Waals surface area contributed by atoms with Crippen molar-refractivity contribution >= 4 is 23.5 Å². The predicted molar refractivity (Wildman–Crippen MR) is 102 cm³/mol. The van der Waals surface area contributed by atoms with E-state index in [1.807, 2.05) is 6.07 Å². The first-order valence-electron chi connectivity index (χ1n) is 8.18. The topological polar surface area (TPSA) is 58.7 Å². The molecule has 3 rings (SSSR count). The van der Waals surface area contributed by atoms with Crippen LogP contribution in [0.2, 0.25) is 5.15 Å². The molecule has 0 saturated carbocycles. The van der Waals surface area contributed by atoms with E-state index in [-0.39, 0.29) is 11.6 Å². The summed E-state index contributed by atoms with van der Waals surface area (Å²) in [5, 5.41) is 13.6. The molecule has 0 amide bonds. The molecule has 0 aliphatic carbocycles. The van der Waals surface area contributed by atoms with Gasteiger partial charge in [-0.05, 0) is 61.0 Å². The van der Waals surface area contributed by atoms with E-state index in [0.717, 1.165) is 5.56 Å². The van der Waals surface area contributed by atoms with Crippen LogP contribution in [0.25, 0.3) is 6.08 Å². The first kappa shape index (κ1) is 18.6. The Morgan fingerprint density at radius 3 is 2.52 bits per heavy atom. The number of aryl methyl sites for hydroxylation is 1. The lowest BCUT2D eigenvalue weighted by atomic mass is 10.1. The van der Waals surface area contributed by atoms with E-state index in [1.54, 1.807) is 54.1 Å². The molecule has 6 heteroatoms. The lowest BCUT2D eigenvalue weighted by Crippen LogP contribution is -2.02. The van der Waals surface area contributed by atoms with Gasteiger partial charge in [0.2, 0.25) is 0 Å². The summed E-state index contributed by atoms with van der Waals surface area (Å²) >= 11 is 6.41. The number of nitrogens with zero attached hydrogens (tertiary/aromatic N) is 3. The standard InChI is InChI=1S/C21H15ClFN3O/c1-14-19(10-11-20(27)17-6-2-15(12-24)3-7-17)21(22)26(25-14)13-16-4-8-18(23)9-5-16/h2-11H,13H2,1H3/b11-10+. The number of carbonyl (C=O) groups is 1. The monoisotopic (exact) mass is 379 g/mol. The number of hydrogen-bond donors (Lipinski definition) is 0. The van der Waals surface area contributed by atoms with Crippen molar-refractivity contribution < 1.29 is 9.18 Å². The zero-order valence-corrected chi connectivity index (χ0v) is 15.2. The van der Waals surface area contributed by atoms with Crippen molar-refractivity contribution in [3.8, 4) is 6.07 Å². The fourth-order valence-electron chi connectivity index (χ4n) is 2.59. The second kappa shape index (κ2) is 7.98. The van der Waals surface area contributed by atoms with E-state index in [2.05, 4.69) is 5.10 Å². The molecule has 0 radical (unpaired) electrons. The first-order chi connectivity index (χ1) is 13.0. The minimum absolute atomic E-state index is 0.193. The number of halogens is 2. The number of carbonyl (C=O) groups excluding carboxylic acids is 1. The molecule has 27 heavy (non-hydrogen) atoms. The third-order valence-corrected chi connectivity index (χ3v) is 4.45. The van der Waals surface area contributed by atoms with Gasteiger partial charge in [0.05, 0.1) is 23.9 Å². The van der Waals surface area contributed by atoms with Gasteiger partial charge in [0, 0.05) is 11.1 Å². The van der Waals surface area contributed by atoms with E-state index >= 15 is 0 Å². The van der Waals surface area contributed by atoms with Gasteiger partial charge >= 0.3 is 0 Å². The number of ketones is 1. The highest BCUT2D eigenvalue weighted by atomic mass is 35.5. The quantitative estimate of drug-likeness (QED) is 0.472.